The van der Waals surface area contributed by atoms with Crippen molar-refractivity contribution in [3.05, 3.63) is 60.2 Å². The molecule has 8 nitrogen and oxygen atoms in total. The van der Waals surface area contributed by atoms with Crippen LogP contribution in [0.3, 0.4) is 0 Å². The molecule has 2 heterocycles. The summed E-state index contributed by atoms with van der Waals surface area (Å²) in [6.45, 7) is 1.87. The smallest absolute Gasteiger partial charge is 0.261 e. The van der Waals surface area contributed by atoms with Gasteiger partial charge in [0.1, 0.15) is 17.4 Å². The maximum absolute atomic E-state index is 14.0. The van der Waals surface area contributed by atoms with Crippen LogP contribution >= 0.6 is 0 Å². The molecular weight excluding hydrogens is 413 g/mol. The third kappa shape index (κ3) is 4.93. The molecule has 0 spiro atoms. The van der Waals surface area contributed by atoms with Crippen molar-refractivity contribution in [3.8, 4) is 17.1 Å². The Morgan fingerprint density at radius 3 is 2.81 bits per heavy atom. The van der Waals surface area contributed by atoms with E-state index in [2.05, 4.69) is 20.5 Å². The second kappa shape index (κ2) is 9.59. The van der Waals surface area contributed by atoms with Crippen LogP contribution < -0.4 is 10.1 Å². The molecule has 1 aromatic heterocycles. The van der Waals surface area contributed by atoms with Gasteiger partial charge in [-0.15, -0.1) is 0 Å². The van der Waals surface area contributed by atoms with E-state index >= 15 is 0 Å². The number of anilines is 1. The van der Waals surface area contributed by atoms with E-state index in [1.807, 2.05) is 30.3 Å². The van der Waals surface area contributed by atoms with Crippen molar-refractivity contribution >= 4 is 17.5 Å². The molecule has 2 aromatic carbocycles. The van der Waals surface area contributed by atoms with Crippen molar-refractivity contribution in [1.29, 1.82) is 0 Å². The summed E-state index contributed by atoms with van der Waals surface area (Å²) in [5.74, 6) is 0.546. The summed E-state index contributed by atoms with van der Waals surface area (Å²) in [5.41, 5.74) is 0.618. The fraction of sp³-hybridized carbons (Fsp3) is 0.304. The molecule has 1 atom stereocenters. The van der Waals surface area contributed by atoms with Gasteiger partial charge in [0.25, 0.3) is 5.91 Å². The number of amides is 2. The zero-order chi connectivity index (χ0) is 22.5. The third-order valence-corrected chi connectivity index (χ3v) is 5.28. The number of rotatable bonds is 6. The number of ether oxygens (including phenoxy) is 1. The first kappa shape index (κ1) is 21.5. The van der Waals surface area contributed by atoms with E-state index in [9.17, 15) is 14.0 Å². The summed E-state index contributed by atoms with van der Waals surface area (Å²) in [4.78, 5) is 30.5. The Balaban J connectivity index is 1.50. The van der Waals surface area contributed by atoms with Crippen LogP contribution in [0.15, 0.2) is 48.5 Å². The number of aromatic amines is 1. The summed E-state index contributed by atoms with van der Waals surface area (Å²) < 4.78 is 19.6. The molecule has 1 aliphatic rings. The highest BCUT2D eigenvalue weighted by atomic mass is 19.1. The molecule has 0 aliphatic carbocycles. The van der Waals surface area contributed by atoms with E-state index in [4.69, 9.17) is 4.74 Å². The van der Waals surface area contributed by atoms with Gasteiger partial charge in [-0.2, -0.15) is 5.10 Å². The summed E-state index contributed by atoms with van der Waals surface area (Å²) in [5, 5.41) is 9.65. The van der Waals surface area contributed by atoms with Gasteiger partial charge in [0.05, 0.1) is 11.7 Å². The molecule has 3 aromatic rings. The lowest BCUT2D eigenvalue weighted by atomic mass is 10.0. The molecule has 2 N–H and O–H groups in total. The number of nitrogens with one attached hydrogen (secondary N) is 2. The number of hydrogen-bond donors (Lipinski definition) is 2. The van der Waals surface area contributed by atoms with Gasteiger partial charge in [-0.25, -0.2) is 9.37 Å². The van der Waals surface area contributed by atoms with Crippen LogP contribution in [0.25, 0.3) is 11.4 Å². The first-order chi connectivity index (χ1) is 15.5. The van der Waals surface area contributed by atoms with E-state index in [0.29, 0.717) is 29.5 Å². The zero-order valence-corrected chi connectivity index (χ0v) is 17.7. The summed E-state index contributed by atoms with van der Waals surface area (Å²) in [6.07, 6.45) is 2.63. The lowest BCUT2D eigenvalue weighted by Gasteiger charge is -2.34. The summed E-state index contributed by atoms with van der Waals surface area (Å²) in [7, 11) is 0. The Morgan fingerprint density at radius 2 is 2.03 bits per heavy atom. The quantitative estimate of drug-likeness (QED) is 0.613. The van der Waals surface area contributed by atoms with Crippen LogP contribution in [0.1, 0.15) is 38.1 Å². The van der Waals surface area contributed by atoms with Crippen molar-refractivity contribution in [2.45, 2.75) is 32.2 Å². The van der Waals surface area contributed by atoms with Crippen LogP contribution in [-0.2, 0) is 9.59 Å². The van der Waals surface area contributed by atoms with Crippen LogP contribution in [0.4, 0.5) is 10.1 Å². The van der Waals surface area contributed by atoms with Crippen molar-refractivity contribution < 1.29 is 18.7 Å². The number of para-hydroxylation sites is 1. The summed E-state index contributed by atoms with van der Waals surface area (Å²) >= 11 is 0. The Labute approximate surface area is 184 Å². The number of halogens is 1. The lowest BCUT2D eigenvalue weighted by Crippen LogP contribution is -2.41. The van der Waals surface area contributed by atoms with Crippen molar-refractivity contribution in [2.24, 2.45) is 0 Å². The number of piperidine rings is 1. The third-order valence-electron chi connectivity index (χ3n) is 5.28. The van der Waals surface area contributed by atoms with Gasteiger partial charge in [0.2, 0.25) is 5.91 Å². The van der Waals surface area contributed by atoms with Gasteiger partial charge in [0, 0.05) is 19.0 Å². The lowest BCUT2D eigenvalue weighted by molar-refractivity contribution is -0.137. The molecule has 0 unspecified atom stereocenters. The molecule has 2 amide bonds. The first-order valence-electron chi connectivity index (χ1n) is 10.5. The molecular formula is C23H24FN5O3. The SMILES string of the molecule is CC(=O)Nc1cc(-c2n[nH]c([C@H]3CCCCN3C(=O)COc3ccccc3)n2)ccc1F. The van der Waals surface area contributed by atoms with E-state index in [-0.39, 0.29) is 30.2 Å². The molecule has 1 fully saturated rings. The molecule has 1 saturated heterocycles. The fourth-order valence-corrected chi connectivity index (χ4v) is 3.76. The number of hydrogen-bond acceptors (Lipinski definition) is 5. The fourth-order valence-electron chi connectivity index (χ4n) is 3.76. The van der Waals surface area contributed by atoms with Gasteiger partial charge in [-0.1, -0.05) is 18.2 Å². The first-order valence-corrected chi connectivity index (χ1v) is 10.5. The van der Waals surface area contributed by atoms with Crippen molar-refractivity contribution in [1.82, 2.24) is 20.1 Å². The highest BCUT2D eigenvalue weighted by Crippen LogP contribution is 2.31. The number of carbonyl (C=O) groups excluding carboxylic acids is 2. The molecule has 9 heteroatoms. The van der Waals surface area contributed by atoms with Gasteiger partial charge in [-0.05, 0) is 49.6 Å². The normalized spacial score (nSPS) is 15.9. The van der Waals surface area contributed by atoms with E-state index in [1.54, 1.807) is 11.0 Å². The molecule has 0 radical (unpaired) electrons. The highest BCUT2D eigenvalue weighted by Gasteiger charge is 2.30. The molecule has 166 valence electrons. The maximum Gasteiger partial charge on any atom is 0.261 e. The Morgan fingerprint density at radius 1 is 1.22 bits per heavy atom. The number of aromatic nitrogens is 3. The van der Waals surface area contributed by atoms with E-state index in [1.165, 1.54) is 19.1 Å². The number of benzene rings is 2. The van der Waals surface area contributed by atoms with Crippen LogP contribution in [0.2, 0.25) is 0 Å². The largest absolute Gasteiger partial charge is 0.484 e. The average molecular weight is 437 g/mol. The van der Waals surface area contributed by atoms with Crippen LogP contribution in [0.5, 0.6) is 5.75 Å². The standard InChI is InChI=1S/C23H24FN5O3/c1-15(30)25-19-13-16(10-11-18(19)24)22-26-23(28-27-22)20-9-5-6-12-29(20)21(31)14-32-17-7-3-2-4-8-17/h2-4,7-8,10-11,13,20H,5-6,9,12,14H2,1H3,(H,25,30)(H,26,27,28)/t20-/m1/s1. The Hall–Kier alpha value is -3.75. The topological polar surface area (TPSA) is 100 Å². The predicted molar refractivity (Wildman–Crippen MR) is 116 cm³/mol. The average Bonchev–Trinajstić information content (AvgIpc) is 3.29. The second-order valence-electron chi connectivity index (χ2n) is 7.62. The van der Waals surface area contributed by atoms with Gasteiger partial charge in [-0.3, -0.25) is 14.7 Å². The molecule has 1 aliphatic heterocycles. The number of nitrogens with zero attached hydrogens (tertiary/aromatic N) is 3. The van der Waals surface area contributed by atoms with Crippen LogP contribution in [-0.4, -0.2) is 45.0 Å². The molecule has 4 rings (SSSR count). The zero-order valence-electron chi connectivity index (χ0n) is 17.7. The number of H-pyrrole nitrogens is 1. The van der Waals surface area contributed by atoms with Gasteiger partial charge >= 0.3 is 0 Å². The Bertz CT molecular complexity index is 1100. The van der Waals surface area contributed by atoms with Crippen molar-refractivity contribution in [2.75, 3.05) is 18.5 Å². The highest BCUT2D eigenvalue weighted by molar-refractivity contribution is 5.89. The second-order valence-corrected chi connectivity index (χ2v) is 7.62. The van der Waals surface area contributed by atoms with Gasteiger partial charge in [0.15, 0.2) is 12.4 Å². The maximum atomic E-state index is 14.0. The van der Waals surface area contributed by atoms with Crippen LogP contribution in [0, 0.1) is 5.82 Å². The summed E-state index contributed by atoms with van der Waals surface area (Å²) in [6, 6.07) is 13.3. The molecule has 32 heavy (non-hydrogen) atoms. The van der Waals surface area contributed by atoms with E-state index < -0.39 is 5.82 Å². The monoisotopic (exact) mass is 437 g/mol. The number of carbonyl (C=O) groups is 2. The van der Waals surface area contributed by atoms with Crippen molar-refractivity contribution in [3.63, 3.8) is 0 Å². The minimum atomic E-state index is -0.540. The van der Waals surface area contributed by atoms with Gasteiger partial charge < -0.3 is 15.0 Å². The Kier molecular flexibility index (Phi) is 6.44. The minimum absolute atomic E-state index is 0.0560. The molecule has 0 saturated carbocycles. The molecule has 0 bridgehead atoms. The predicted octanol–water partition coefficient (Wildman–Crippen LogP) is 3.70. The minimum Gasteiger partial charge on any atom is -0.484 e. The van der Waals surface area contributed by atoms with E-state index in [0.717, 1.165) is 19.3 Å². The number of likely N-dealkylation sites (tertiary alicyclic amines) is 1.